The van der Waals surface area contributed by atoms with E-state index in [-0.39, 0.29) is 12.1 Å². The molecule has 0 bridgehead atoms. The molecule has 0 spiro atoms. The first-order valence-corrected chi connectivity index (χ1v) is 7.44. The lowest BCUT2D eigenvalue weighted by atomic mass is 10.1. The molecule has 1 aliphatic rings. The Morgan fingerprint density at radius 3 is 2.86 bits per heavy atom. The van der Waals surface area contributed by atoms with Gasteiger partial charge in [-0.25, -0.2) is 4.79 Å². The monoisotopic (exact) mass is 302 g/mol. The highest BCUT2D eigenvalue weighted by atomic mass is 16.5. The maximum atomic E-state index is 12.0. The van der Waals surface area contributed by atoms with Gasteiger partial charge in [0.25, 0.3) is 0 Å². The van der Waals surface area contributed by atoms with Gasteiger partial charge in [-0.05, 0) is 5.56 Å². The number of piperazine rings is 1. The first kappa shape index (κ1) is 16.3. The van der Waals surface area contributed by atoms with Crippen molar-refractivity contribution in [1.82, 2.24) is 15.1 Å². The second-order valence-electron chi connectivity index (χ2n) is 5.27. The zero-order valence-corrected chi connectivity index (χ0v) is 12.9. The summed E-state index contributed by atoms with van der Waals surface area (Å²) in [5, 5.41) is 12.2. The largest absolute Gasteiger partial charge is 0.383 e. The number of nitrogens with one attached hydrogen (secondary N) is 1. The average molecular weight is 302 g/mol. The number of nitriles is 1. The van der Waals surface area contributed by atoms with Gasteiger partial charge in [-0.1, -0.05) is 30.3 Å². The number of benzene rings is 1. The van der Waals surface area contributed by atoms with Crippen LogP contribution in [-0.2, 0) is 11.3 Å². The molecule has 1 aromatic rings. The molecular formula is C16H22N4O2. The maximum Gasteiger partial charge on any atom is 0.317 e. The third-order valence-corrected chi connectivity index (χ3v) is 3.74. The lowest BCUT2D eigenvalue weighted by Crippen LogP contribution is -2.56. The van der Waals surface area contributed by atoms with Crippen molar-refractivity contribution in [3.8, 4) is 6.07 Å². The van der Waals surface area contributed by atoms with Crippen LogP contribution in [0.5, 0.6) is 0 Å². The molecule has 1 atom stereocenters. The second-order valence-corrected chi connectivity index (χ2v) is 5.27. The van der Waals surface area contributed by atoms with Gasteiger partial charge in [0.1, 0.15) is 6.04 Å². The molecule has 0 unspecified atom stereocenters. The SMILES string of the molecule is COCCNC(=O)N1CCN(Cc2ccccc2)[C@@H](C#N)C1. The topological polar surface area (TPSA) is 68.6 Å². The summed E-state index contributed by atoms with van der Waals surface area (Å²) in [6, 6.07) is 12.0. The Balaban J connectivity index is 1.88. The van der Waals surface area contributed by atoms with Crippen LogP contribution in [0.3, 0.4) is 0 Å². The number of nitrogens with zero attached hydrogens (tertiary/aromatic N) is 3. The highest BCUT2D eigenvalue weighted by Crippen LogP contribution is 2.13. The number of urea groups is 1. The minimum atomic E-state index is -0.276. The van der Waals surface area contributed by atoms with Gasteiger partial charge in [-0.2, -0.15) is 5.26 Å². The molecule has 2 amide bonds. The fraction of sp³-hybridized carbons (Fsp3) is 0.500. The van der Waals surface area contributed by atoms with Gasteiger partial charge in [0.2, 0.25) is 0 Å². The fourth-order valence-corrected chi connectivity index (χ4v) is 2.51. The molecule has 1 aromatic carbocycles. The molecule has 6 nitrogen and oxygen atoms in total. The summed E-state index contributed by atoms with van der Waals surface area (Å²) in [5.41, 5.74) is 1.18. The maximum absolute atomic E-state index is 12.0. The third-order valence-electron chi connectivity index (χ3n) is 3.74. The third kappa shape index (κ3) is 4.45. The number of hydrogen-bond donors (Lipinski definition) is 1. The van der Waals surface area contributed by atoms with Gasteiger partial charge in [0, 0.05) is 33.3 Å². The summed E-state index contributed by atoms with van der Waals surface area (Å²) in [4.78, 5) is 15.8. The van der Waals surface area contributed by atoms with E-state index in [0.717, 1.165) is 6.54 Å². The normalized spacial score (nSPS) is 18.7. The lowest BCUT2D eigenvalue weighted by Gasteiger charge is -2.38. The first-order chi connectivity index (χ1) is 10.7. The quantitative estimate of drug-likeness (QED) is 0.826. The van der Waals surface area contributed by atoms with E-state index in [1.807, 2.05) is 18.2 Å². The summed E-state index contributed by atoms with van der Waals surface area (Å²) in [6.45, 7) is 3.47. The van der Waals surface area contributed by atoms with Crippen molar-refractivity contribution in [2.45, 2.75) is 12.6 Å². The summed E-state index contributed by atoms with van der Waals surface area (Å²) >= 11 is 0. The molecule has 2 rings (SSSR count). The average Bonchev–Trinajstić information content (AvgIpc) is 2.56. The Morgan fingerprint density at radius 2 is 2.18 bits per heavy atom. The van der Waals surface area contributed by atoms with E-state index >= 15 is 0 Å². The van der Waals surface area contributed by atoms with Crippen LogP contribution in [0.1, 0.15) is 5.56 Å². The van der Waals surface area contributed by atoms with Crippen LogP contribution in [0.15, 0.2) is 30.3 Å². The minimum Gasteiger partial charge on any atom is -0.383 e. The Labute approximate surface area is 131 Å². The first-order valence-electron chi connectivity index (χ1n) is 7.44. The van der Waals surface area contributed by atoms with E-state index < -0.39 is 0 Å². The molecule has 0 saturated carbocycles. The Hall–Kier alpha value is -2.10. The number of carbonyl (C=O) groups excluding carboxylic acids is 1. The van der Waals surface area contributed by atoms with E-state index in [4.69, 9.17) is 4.74 Å². The highest BCUT2D eigenvalue weighted by molar-refractivity contribution is 5.74. The summed E-state index contributed by atoms with van der Waals surface area (Å²) < 4.78 is 4.91. The van der Waals surface area contributed by atoms with Crippen molar-refractivity contribution in [3.63, 3.8) is 0 Å². The second kappa shape index (κ2) is 8.37. The smallest absolute Gasteiger partial charge is 0.317 e. The standard InChI is InChI=1S/C16H22N4O2/c1-22-10-7-18-16(21)20-9-8-19(15(11-17)13-20)12-14-5-3-2-4-6-14/h2-6,15H,7-10,12-13H2,1H3,(H,18,21)/t15-/m0/s1. The van der Waals surface area contributed by atoms with E-state index in [1.54, 1.807) is 12.0 Å². The van der Waals surface area contributed by atoms with Crippen LogP contribution < -0.4 is 5.32 Å². The van der Waals surface area contributed by atoms with Gasteiger partial charge in [0.05, 0.1) is 19.2 Å². The van der Waals surface area contributed by atoms with Crippen molar-refractivity contribution in [2.24, 2.45) is 0 Å². The van der Waals surface area contributed by atoms with E-state index in [0.29, 0.717) is 32.8 Å². The van der Waals surface area contributed by atoms with E-state index in [2.05, 4.69) is 28.4 Å². The van der Waals surface area contributed by atoms with Crippen molar-refractivity contribution in [2.75, 3.05) is 39.9 Å². The van der Waals surface area contributed by atoms with Gasteiger partial charge in [-0.3, -0.25) is 4.90 Å². The number of ether oxygens (including phenoxy) is 1. The van der Waals surface area contributed by atoms with Crippen molar-refractivity contribution in [3.05, 3.63) is 35.9 Å². The molecular weight excluding hydrogens is 280 g/mol. The molecule has 1 aliphatic heterocycles. The Morgan fingerprint density at radius 1 is 1.41 bits per heavy atom. The minimum absolute atomic E-state index is 0.128. The number of carbonyl (C=O) groups is 1. The zero-order chi connectivity index (χ0) is 15.8. The highest BCUT2D eigenvalue weighted by Gasteiger charge is 2.29. The molecule has 0 radical (unpaired) electrons. The molecule has 1 N–H and O–H groups in total. The molecule has 6 heteroatoms. The van der Waals surface area contributed by atoms with Crippen LogP contribution in [-0.4, -0.2) is 61.8 Å². The number of hydrogen-bond acceptors (Lipinski definition) is 4. The Kier molecular flexibility index (Phi) is 6.19. The predicted molar refractivity (Wildman–Crippen MR) is 83.1 cm³/mol. The van der Waals surface area contributed by atoms with Crippen LogP contribution in [0.25, 0.3) is 0 Å². The molecule has 0 aromatic heterocycles. The molecule has 118 valence electrons. The van der Waals surface area contributed by atoms with Crippen LogP contribution >= 0.6 is 0 Å². The number of amides is 2. The number of methoxy groups -OCH3 is 1. The summed E-state index contributed by atoms with van der Waals surface area (Å²) in [7, 11) is 1.60. The summed E-state index contributed by atoms with van der Waals surface area (Å²) in [6.07, 6.45) is 0. The van der Waals surface area contributed by atoms with E-state index in [9.17, 15) is 10.1 Å². The molecule has 1 saturated heterocycles. The molecule has 1 fully saturated rings. The lowest BCUT2D eigenvalue weighted by molar-refractivity contribution is 0.107. The van der Waals surface area contributed by atoms with E-state index in [1.165, 1.54) is 5.56 Å². The van der Waals surface area contributed by atoms with Crippen LogP contribution in [0.4, 0.5) is 4.79 Å². The van der Waals surface area contributed by atoms with Gasteiger partial charge < -0.3 is 15.0 Å². The number of rotatable bonds is 5. The van der Waals surface area contributed by atoms with Gasteiger partial charge >= 0.3 is 6.03 Å². The zero-order valence-electron chi connectivity index (χ0n) is 12.9. The molecule has 0 aliphatic carbocycles. The van der Waals surface area contributed by atoms with Gasteiger partial charge in [0.15, 0.2) is 0 Å². The predicted octanol–water partition coefficient (Wildman–Crippen LogP) is 1.05. The van der Waals surface area contributed by atoms with Crippen LogP contribution in [0.2, 0.25) is 0 Å². The Bertz CT molecular complexity index is 515. The van der Waals surface area contributed by atoms with Crippen molar-refractivity contribution >= 4 is 6.03 Å². The van der Waals surface area contributed by atoms with Crippen molar-refractivity contribution in [1.29, 1.82) is 5.26 Å². The van der Waals surface area contributed by atoms with Crippen LogP contribution in [0, 0.1) is 11.3 Å². The fourth-order valence-electron chi connectivity index (χ4n) is 2.51. The summed E-state index contributed by atoms with van der Waals surface area (Å²) in [5.74, 6) is 0. The molecule has 22 heavy (non-hydrogen) atoms. The van der Waals surface area contributed by atoms with Crippen molar-refractivity contribution < 1.29 is 9.53 Å². The molecule has 1 heterocycles. The van der Waals surface area contributed by atoms with Gasteiger partial charge in [-0.15, -0.1) is 0 Å².